The van der Waals surface area contributed by atoms with E-state index < -0.39 is 17.9 Å². The Morgan fingerprint density at radius 1 is 0.562 bits per heavy atom. The molecule has 29 heteroatoms. The van der Waals surface area contributed by atoms with Crippen LogP contribution in [-0.2, 0) is 33.8 Å². The molecule has 0 aliphatic heterocycles. The number of thioether (sulfide) groups is 1. The maximum absolute atomic E-state index is 13.9. The van der Waals surface area contributed by atoms with Gasteiger partial charge in [0.1, 0.15) is 51.6 Å². The lowest BCUT2D eigenvalue weighted by molar-refractivity contribution is 0.0518. The van der Waals surface area contributed by atoms with E-state index in [2.05, 4.69) is 160 Å². The van der Waals surface area contributed by atoms with Crippen LogP contribution in [0.3, 0.4) is 0 Å². The Bertz CT molecular complexity index is 3660. The predicted molar refractivity (Wildman–Crippen MR) is 371 cm³/mol. The number of nitrogens with zero attached hydrogens (tertiary/aromatic N) is 12. The summed E-state index contributed by atoms with van der Waals surface area (Å²) in [6.45, 7) is 20.0. The van der Waals surface area contributed by atoms with E-state index in [-0.39, 0.29) is 57.4 Å². The Labute approximate surface area is 566 Å². The summed E-state index contributed by atoms with van der Waals surface area (Å²) < 4.78 is 61.8. The molecular weight excluding hydrogens is 1470 g/mol. The van der Waals surface area contributed by atoms with Crippen LogP contribution in [0.1, 0.15) is 118 Å². The maximum atomic E-state index is 13.9. The molecule has 0 saturated carbocycles. The lowest BCUT2D eigenvalue weighted by Crippen LogP contribution is -2.19. The molecule has 18 nitrogen and oxygen atoms in total. The van der Waals surface area contributed by atoms with Crippen LogP contribution in [0.2, 0.25) is 0 Å². The lowest BCUT2D eigenvalue weighted by Gasteiger charge is -2.23. The molecule has 0 spiro atoms. The van der Waals surface area contributed by atoms with Crippen molar-refractivity contribution in [3.8, 4) is 0 Å². The summed E-state index contributed by atoms with van der Waals surface area (Å²) in [7, 11) is 5.56. The molecule has 0 fully saturated rings. The van der Waals surface area contributed by atoms with E-state index in [1.165, 1.54) is 62.5 Å². The number of halogens is 7. The Morgan fingerprint density at radius 2 is 0.876 bits per heavy atom. The molecule has 89 heavy (non-hydrogen) atoms. The predicted octanol–water partition coefficient (Wildman–Crippen LogP) is 15.5. The third-order valence-corrected chi connectivity index (χ3v) is 13.9. The highest BCUT2D eigenvalue weighted by molar-refractivity contribution is 9.69. The highest BCUT2D eigenvalue weighted by Crippen LogP contribution is 2.35. The molecule has 0 N–H and O–H groups in total. The van der Waals surface area contributed by atoms with Crippen LogP contribution >= 0.6 is 100 Å². The van der Waals surface area contributed by atoms with Gasteiger partial charge in [-0.25, -0.2) is 56.1 Å². The van der Waals surface area contributed by atoms with Crippen LogP contribution in [0.5, 0.6) is 0 Å². The standard InChI is InChI=1S/C21H25FN4O2S.C17H16BrFN4O2.C17H17FN4O2S.C4H10S.CH4.BBr3/c1-6-28-20(27)16-12-23-26-10-9-18(24-19(16)26)25(5)13-14-11-15(22)7-8-17(14)29-21(2,3)4;1-3-25-17(24)13-9-20-23-7-6-15(21-16(13)23)22(2)10-11-8-12(19)4-5-14(11)18;1-3-24-17(23)13-9-19-22-7-6-15(20-16(13)22)21(2)10-11-8-12(18)4-5-14(11)25;1-4(2,3)5;;2-1(3)4/h7-12H,6,13H2,1-5H3;4-9H,3,10H2,1-2H3;4-9,25H,3,10H2,1-2H3;5H,1-3H3;1H4;. The number of fused-ring (bicyclic) bond motifs is 3. The number of carbonyl (C=O) groups excluding carboxylic acids is 3. The molecule has 0 aliphatic rings. The number of thiol groups is 2. The van der Waals surface area contributed by atoms with Gasteiger partial charge in [0.2, 0.25) is 0 Å². The maximum Gasteiger partial charge on any atom is 0.369 e. The zero-order valence-corrected chi connectivity index (χ0v) is 59.4. The highest BCUT2D eigenvalue weighted by atomic mass is 79.9. The number of rotatable bonds is 16. The highest BCUT2D eigenvalue weighted by Gasteiger charge is 2.22. The zero-order valence-electron chi connectivity index (χ0n) is 50.5. The molecule has 9 aromatic rings. The summed E-state index contributed by atoms with van der Waals surface area (Å²) in [5.41, 5.74) is 4.60. The minimum Gasteiger partial charge on any atom is -0.462 e. The molecule has 0 saturated heterocycles. The molecule has 6 aromatic heterocycles. The monoisotopic (exact) mass is 1540 g/mol. The summed E-state index contributed by atoms with van der Waals surface area (Å²) in [5, 5.41) is 12.4. The van der Waals surface area contributed by atoms with Crippen LogP contribution in [0, 0.1) is 17.5 Å². The van der Waals surface area contributed by atoms with Gasteiger partial charge in [-0.1, -0.05) is 64.9 Å². The summed E-state index contributed by atoms with van der Waals surface area (Å²) in [4.78, 5) is 57.1. The third-order valence-electron chi connectivity index (χ3n) is 11.4. The van der Waals surface area contributed by atoms with Crippen molar-refractivity contribution in [3.63, 3.8) is 0 Å². The fourth-order valence-electron chi connectivity index (χ4n) is 7.73. The minimum absolute atomic E-state index is 0. The van der Waals surface area contributed by atoms with E-state index in [1.54, 1.807) is 81.5 Å². The molecular formula is C60H72BBr4F3N12O6S3. The third kappa shape index (κ3) is 23.7. The first-order valence-corrected chi connectivity index (χ1v) is 32.4. The van der Waals surface area contributed by atoms with E-state index in [0.717, 1.165) is 26.1 Å². The van der Waals surface area contributed by atoms with E-state index in [0.29, 0.717) is 75.6 Å². The van der Waals surface area contributed by atoms with Crippen LogP contribution < -0.4 is 14.7 Å². The van der Waals surface area contributed by atoms with Gasteiger partial charge in [0.05, 0.1) is 38.4 Å². The summed E-state index contributed by atoms with van der Waals surface area (Å²) in [6.07, 6.45) is 9.50. The number of carbonyl (C=O) groups is 3. The van der Waals surface area contributed by atoms with E-state index in [1.807, 2.05) is 48.0 Å². The van der Waals surface area contributed by atoms with Crippen LogP contribution in [0.4, 0.5) is 30.6 Å². The van der Waals surface area contributed by atoms with Gasteiger partial charge < -0.3 is 28.9 Å². The number of hydrogen-bond acceptors (Lipinski definition) is 18. The summed E-state index contributed by atoms with van der Waals surface area (Å²) >= 11 is 22.9. The largest absolute Gasteiger partial charge is 0.462 e. The first-order chi connectivity index (χ1) is 41.4. The smallest absolute Gasteiger partial charge is 0.369 e. The van der Waals surface area contributed by atoms with Crippen molar-refractivity contribution in [2.45, 2.75) is 109 Å². The lowest BCUT2D eigenvalue weighted by atomic mass is 10.2. The summed E-state index contributed by atoms with van der Waals surface area (Å²) in [6, 6.07) is 19.2. The average molecular weight is 1540 g/mol. The number of esters is 3. The van der Waals surface area contributed by atoms with Crippen molar-refractivity contribution in [2.24, 2.45) is 0 Å². The quantitative estimate of drug-likeness (QED) is 0.0306. The fourth-order valence-corrected chi connectivity index (χ4v) is 9.36. The van der Waals surface area contributed by atoms with E-state index in [9.17, 15) is 27.6 Å². The van der Waals surface area contributed by atoms with Crippen LogP contribution in [-0.4, -0.2) is 115 Å². The summed E-state index contributed by atoms with van der Waals surface area (Å²) in [5.74, 6) is -0.352. The molecule has 0 aliphatic carbocycles. The number of ether oxygens (including phenoxy) is 3. The van der Waals surface area contributed by atoms with Crippen molar-refractivity contribution in [1.29, 1.82) is 0 Å². The van der Waals surface area contributed by atoms with Crippen molar-refractivity contribution >= 4 is 156 Å². The van der Waals surface area contributed by atoms with Gasteiger partial charge >= 0.3 is 21.1 Å². The molecule has 0 radical (unpaired) electrons. The molecule has 478 valence electrons. The van der Waals surface area contributed by atoms with Crippen molar-refractivity contribution in [2.75, 3.05) is 55.7 Å². The van der Waals surface area contributed by atoms with Gasteiger partial charge in [-0.2, -0.15) is 27.9 Å². The topological polar surface area (TPSA) is 179 Å². The fraction of sp³-hybridized carbons (Fsp3) is 0.350. The van der Waals surface area contributed by atoms with Gasteiger partial charge in [-0.3, -0.25) is 0 Å². The van der Waals surface area contributed by atoms with Gasteiger partial charge in [0.15, 0.2) is 16.9 Å². The van der Waals surface area contributed by atoms with Crippen molar-refractivity contribution in [3.05, 3.63) is 165 Å². The number of anilines is 3. The Hall–Kier alpha value is -5.85. The second kappa shape index (κ2) is 35.1. The van der Waals surface area contributed by atoms with Gasteiger partial charge in [-0.15, -0.1) is 71.7 Å². The second-order valence-corrected chi connectivity index (χ2v) is 31.9. The van der Waals surface area contributed by atoms with Crippen LogP contribution in [0.25, 0.3) is 16.9 Å². The van der Waals surface area contributed by atoms with Gasteiger partial charge in [0.25, 0.3) is 0 Å². The average Bonchev–Trinajstić information content (AvgIpc) is 2.64. The molecule has 0 bridgehead atoms. The normalized spacial score (nSPS) is 10.9. The van der Waals surface area contributed by atoms with Crippen LogP contribution in [0.15, 0.2) is 124 Å². The molecule has 0 atom stereocenters. The van der Waals surface area contributed by atoms with Gasteiger partial charge in [-0.05, 0) is 110 Å². The first kappa shape index (κ1) is 75.6. The van der Waals surface area contributed by atoms with Crippen molar-refractivity contribution < 1.29 is 41.8 Å². The van der Waals surface area contributed by atoms with E-state index in [4.69, 9.17) is 14.2 Å². The van der Waals surface area contributed by atoms with E-state index >= 15 is 0 Å². The minimum atomic E-state index is -0.465. The number of benzene rings is 3. The molecule has 0 amide bonds. The Morgan fingerprint density at radius 3 is 1.24 bits per heavy atom. The first-order valence-electron chi connectivity index (χ1n) is 27.1. The van der Waals surface area contributed by atoms with Crippen molar-refractivity contribution in [1.82, 2.24) is 43.8 Å². The number of hydrogen-bond donors (Lipinski definition) is 2. The van der Waals surface area contributed by atoms with Gasteiger partial charge in [0, 0.05) is 83.1 Å². The SMILES string of the molecule is BrB(Br)Br.C.CC(C)(C)S.CCOC(=O)c1cnn2ccc(N(C)Cc3cc(F)ccc3Br)nc12.CCOC(=O)c1cnn2ccc(N(C)Cc3cc(F)ccc3S)nc12.CCOC(=O)c1cnn2ccc(N(C)Cc3cc(F)ccc3SC(C)(C)C)nc12. The second-order valence-electron chi connectivity index (χ2n) is 21.0. The zero-order chi connectivity index (χ0) is 65.2. The molecule has 9 rings (SSSR count). The Balaban J connectivity index is 0.000000266. The Kier molecular flexibility index (Phi) is 29.8. The molecule has 6 heterocycles. The number of aromatic nitrogens is 9. The molecule has 0 unspecified atom stereocenters. The molecule has 3 aromatic carbocycles.